The second-order valence-corrected chi connectivity index (χ2v) is 36.8. The third kappa shape index (κ3) is 40.0. The second kappa shape index (κ2) is 57.1. The fraction of sp³-hybridized carbons (Fsp3) is 0.733. The van der Waals surface area contributed by atoms with Gasteiger partial charge in [-0.25, -0.2) is 25.3 Å². The van der Waals surface area contributed by atoms with Crippen LogP contribution in [0.2, 0.25) is 0 Å². The highest BCUT2D eigenvalue weighted by molar-refractivity contribution is 7.89. The van der Waals surface area contributed by atoms with Crippen LogP contribution in [-0.2, 0) is 68.6 Å². The van der Waals surface area contributed by atoms with Crippen molar-refractivity contribution < 1.29 is 39.5 Å². The molecule has 12 nitrogen and oxygen atoms in total. The van der Waals surface area contributed by atoms with Crippen molar-refractivity contribution in [2.45, 2.75) is 351 Å². The summed E-state index contributed by atoms with van der Waals surface area (Å²) in [6.45, 7) is 22.1. The van der Waals surface area contributed by atoms with E-state index in [9.17, 15) is 25.3 Å². The largest absolute Gasteiger partial charge is 0.492 e. The van der Waals surface area contributed by atoms with E-state index < -0.39 is 30.1 Å². The van der Waals surface area contributed by atoms with Crippen LogP contribution in [0.1, 0.15) is 363 Å². The van der Waals surface area contributed by atoms with E-state index in [4.69, 9.17) is 14.2 Å². The van der Waals surface area contributed by atoms with Crippen molar-refractivity contribution in [2.75, 3.05) is 76.3 Å². The van der Waals surface area contributed by atoms with Crippen LogP contribution in [0.15, 0.2) is 72.8 Å². The molecule has 0 aliphatic heterocycles. The average molecular weight is 1520 g/mol. The third-order valence-electron chi connectivity index (χ3n) is 20.8. The van der Waals surface area contributed by atoms with Crippen molar-refractivity contribution in [1.29, 1.82) is 0 Å². The van der Waals surface area contributed by atoms with Crippen molar-refractivity contribution in [3.05, 3.63) is 123 Å². The fourth-order valence-corrected chi connectivity index (χ4v) is 19.5. The average Bonchev–Trinajstić information content (AvgIpc) is 0.842. The Bertz CT molecular complexity index is 3230. The highest BCUT2D eigenvalue weighted by atomic mass is 32.2. The number of nitrogens with zero attached hydrogens (tertiary/aromatic N) is 3. The Labute approximate surface area is 646 Å². The van der Waals surface area contributed by atoms with Crippen LogP contribution in [0.25, 0.3) is 0 Å². The van der Waals surface area contributed by atoms with Gasteiger partial charge in [-0.2, -0.15) is 12.9 Å². The molecule has 0 aliphatic carbocycles. The molecule has 0 saturated carbocycles. The summed E-state index contributed by atoms with van der Waals surface area (Å²) in [6, 6.07) is 27.3. The lowest BCUT2D eigenvalue weighted by atomic mass is 9.91. The highest BCUT2D eigenvalue weighted by Crippen LogP contribution is 2.33. The Kier molecular flexibility index (Phi) is 50.8. The molecule has 0 unspecified atom stereocenters. The molecule has 4 aromatic carbocycles. The summed E-state index contributed by atoms with van der Waals surface area (Å²) in [5.41, 5.74) is 11.2. The highest BCUT2D eigenvalue weighted by Gasteiger charge is 2.25. The van der Waals surface area contributed by atoms with Gasteiger partial charge in [0.25, 0.3) is 0 Å². The van der Waals surface area contributed by atoms with E-state index in [1.54, 1.807) is 12.9 Å². The number of benzene rings is 4. The molecule has 0 N–H and O–H groups in total. The summed E-state index contributed by atoms with van der Waals surface area (Å²) < 4.78 is 108. The van der Waals surface area contributed by atoms with E-state index in [1.165, 1.54) is 162 Å². The molecule has 0 spiro atoms. The quantitative estimate of drug-likeness (QED) is 0.0395. The van der Waals surface area contributed by atoms with Gasteiger partial charge >= 0.3 is 0 Å². The van der Waals surface area contributed by atoms with Crippen LogP contribution in [-0.4, -0.2) is 115 Å². The molecule has 0 fully saturated rings. The van der Waals surface area contributed by atoms with Gasteiger partial charge in [-0.3, -0.25) is 0 Å². The molecule has 0 heterocycles. The van der Waals surface area contributed by atoms with Crippen molar-refractivity contribution in [3.8, 4) is 17.2 Å². The normalized spacial score (nSPS) is 12.2. The predicted molar refractivity (Wildman–Crippen MR) is 449 cm³/mol. The molecule has 4 rings (SSSR count). The van der Waals surface area contributed by atoms with Gasteiger partial charge in [0.2, 0.25) is 30.1 Å². The number of unbranched alkanes of at least 4 members (excludes halogenated alkanes) is 30. The molecule has 0 atom stereocenters. The summed E-state index contributed by atoms with van der Waals surface area (Å²) in [5.74, 6) is 2.27. The molecule has 0 aromatic heterocycles. The Hall–Kier alpha value is -3.99. The summed E-state index contributed by atoms with van der Waals surface area (Å²) in [4.78, 5) is 0. The Morgan fingerprint density at radius 3 is 0.876 bits per heavy atom. The lowest BCUT2D eigenvalue weighted by molar-refractivity contribution is 0.236. The molecular formula is C90H153N3O9S3. The predicted octanol–water partition coefficient (Wildman–Crippen LogP) is 23.5. The first-order valence-electron chi connectivity index (χ1n) is 43.3. The lowest BCUT2D eigenvalue weighted by Crippen LogP contribution is -2.37. The Morgan fingerprint density at radius 2 is 0.514 bits per heavy atom. The number of rotatable bonds is 69. The molecule has 600 valence electrons. The zero-order valence-corrected chi connectivity index (χ0v) is 70.9. The molecule has 4 aromatic rings. The van der Waals surface area contributed by atoms with Crippen LogP contribution in [0.3, 0.4) is 0 Å². The monoisotopic (exact) mass is 1520 g/mol. The Balaban J connectivity index is 1.81. The van der Waals surface area contributed by atoms with Gasteiger partial charge < -0.3 is 14.2 Å². The number of sulfonamides is 3. The van der Waals surface area contributed by atoms with Crippen molar-refractivity contribution in [2.24, 2.45) is 0 Å². The van der Waals surface area contributed by atoms with Gasteiger partial charge in [-0.05, 0) is 165 Å². The van der Waals surface area contributed by atoms with E-state index in [-0.39, 0.29) is 50.2 Å². The van der Waals surface area contributed by atoms with Crippen LogP contribution >= 0.6 is 0 Å². The van der Waals surface area contributed by atoms with Gasteiger partial charge in [0.15, 0.2) is 11.5 Å². The molecule has 105 heavy (non-hydrogen) atoms. The smallest absolute Gasteiger partial charge is 0.214 e. The van der Waals surface area contributed by atoms with E-state index in [0.29, 0.717) is 82.6 Å². The number of hydrogen-bond acceptors (Lipinski definition) is 9. The van der Waals surface area contributed by atoms with Crippen LogP contribution in [0.5, 0.6) is 17.2 Å². The minimum atomic E-state index is -3.52. The van der Waals surface area contributed by atoms with Gasteiger partial charge in [0.1, 0.15) is 25.6 Å². The van der Waals surface area contributed by atoms with E-state index >= 15 is 0 Å². The maximum Gasteiger partial charge on any atom is 0.214 e. The minimum Gasteiger partial charge on any atom is -0.492 e. The molecular weight excluding hydrogens is 1360 g/mol. The van der Waals surface area contributed by atoms with Crippen LogP contribution in [0, 0.1) is 0 Å². The number of ether oxygens (including phenoxy) is 3. The molecule has 0 radical (unpaired) electrons. The minimum absolute atomic E-state index is 0.121. The topological polar surface area (TPSA) is 140 Å². The number of hydrogen-bond donors (Lipinski definition) is 0. The lowest BCUT2D eigenvalue weighted by Gasteiger charge is -2.23. The summed E-state index contributed by atoms with van der Waals surface area (Å²) in [6.07, 6.45) is 48.0. The molecule has 0 saturated heterocycles. The van der Waals surface area contributed by atoms with E-state index in [0.717, 1.165) is 138 Å². The van der Waals surface area contributed by atoms with E-state index in [1.807, 2.05) is 26.0 Å². The standard InChI is InChI=1S/C90H153N3O9S3/c1-10-19-25-31-37-43-49-85-55-52-79(76-87(85)51-45-39-33-27-21-12-3)70-82-73-83(71-80-53-56-86(50-44-38-32-26-20-11-2)89(77-80)101-65-62-92(59-17-8)104(96,97)68-47-41-35-29-23-14-5)75-84(74-82)72-81-54-57-88(100-64-61-91(58-16-7)103(94,95)67-46-40-34-28-22-13-4)90(78-81)102-66-63-93(60-18-9)105(98,99)69-48-42-36-30-24-15-6/h52-57,73-78H,10-51,58-72H2,1-9H3. The summed E-state index contributed by atoms with van der Waals surface area (Å²) >= 11 is 0. The summed E-state index contributed by atoms with van der Waals surface area (Å²) in [5, 5.41) is 0. The maximum atomic E-state index is 14.0. The molecule has 0 aliphatic rings. The first kappa shape index (κ1) is 93.4. The summed E-state index contributed by atoms with van der Waals surface area (Å²) in [7, 11) is -10.5. The van der Waals surface area contributed by atoms with Crippen molar-refractivity contribution in [1.82, 2.24) is 12.9 Å². The van der Waals surface area contributed by atoms with Crippen LogP contribution < -0.4 is 14.2 Å². The molecule has 15 heteroatoms. The first-order valence-corrected chi connectivity index (χ1v) is 48.1. The Morgan fingerprint density at radius 1 is 0.238 bits per heavy atom. The maximum absolute atomic E-state index is 14.0. The van der Waals surface area contributed by atoms with Gasteiger partial charge in [0, 0.05) is 39.3 Å². The zero-order valence-electron chi connectivity index (χ0n) is 68.5. The zero-order chi connectivity index (χ0) is 76.1. The SMILES string of the molecule is CCCCCCCCc1ccc(Cc2cc(Cc3ccc(CCCCCCCC)c(OCCN(CCC)S(=O)(=O)CCCCCCCC)c3)cc(Cc3ccc(OCCN(CCC)S(=O)(=O)CCCCCCCC)c(OCCN(CCC)S(=O)(=O)CCCCCCCC)c3)c2)cc1CCCCCCCC. The van der Waals surface area contributed by atoms with Gasteiger partial charge in [-0.1, -0.05) is 310 Å². The van der Waals surface area contributed by atoms with E-state index in [2.05, 4.69) is 109 Å². The van der Waals surface area contributed by atoms with Gasteiger partial charge in [-0.15, -0.1) is 0 Å². The molecule has 0 bridgehead atoms. The van der Waals surface area contributed by atoms with Crippen molar-refractivity contribution in [3.63, 3.8) is 0 Å². The van der Waals surface area contributed by atoms with Gasteiger partial charge in [0.05, 0.1) is 17.3 Å². The number of aryl methyl sites for hydroxylation is 3. The fourth-order valence-electron chi connectivity index (χ4n) is 14.6. The molecule has 0 amide bonds. The third-order valence-corrected chi connectivity index (χ3v) is 26.7. The van der Waals surface area contributed by atoms with Crippen LogP contribution in [0.4, 0.5) is 0 Å². The second-order valence-electron chi connectivity index (χ2n) is 30.6. The van der Waals surface area contributed by atoms with Crippen molar-refractivity contribution >= 4 is 30.1 Å². The first-order chi connectivity index (χ1) is 51.0.